The summed E-state index contributed by atoms with van der Waals surface area (Å²) in [5.41, 5.74) is 3.91. The van der Waals surface area contributed by atoms with Crippen molar-refractivity contribution >= 4 is 0 Å². The molecule has 1 saturated heterocycles. The maximum atomic E-state index is 9.68. The van der Waals surface area contributed by atoms with Gasteiger partial charge >= 0.3 is 0 Å². The van der Waals surface area contributed by atoms with Gasteiger partial charge in [0.2, 0.25) is 0 Å². The molecule has 27 heavy (non-hydrogen) atoms. The van der Waals surface area contributed by atoms with E-state index >= 15 is 0 Å². The number of fused-ring (bicyclic) bond motifs is 2. The Morgan fingerprint density at radius 2 is 1.85 bits per heavy atom. The topological polar surface area (TPSA) is 41.9 Å². The monoisotopic (exact) mass is 369 g/mol. The van der Waals surface area contributed by atoms with Gasteiger partial charge in [-0.2, -0.15) is 0 Å². The molecule has 0 aromatic heterocycles. The Bertz CT molecular complexity index is 719. The molecule has 146 valence electrons. The summed E-state index contributed by atoms with van der Waals surface area (Å²) in [4.78, 5) is 2.48. The highest BCUT2D eigenvalue weighted by molar-refractivity contribution is 5.43. The van der Waals surface area contributed by atoms with E-state index in [4.69, 9.17) is 9.47 Å². The van der Waals surface area contributed by atoms with Crippen molar-refractivity contribution < 1.29 is 14.6 Å². The zero-order valence-electron chi connectivity index (χ0n) is 16.6. The molecular weight excluding hydrogens is 338 g/mol. The summed E-state index contributed by atoms with van der Waals surface area (Å²) in [6.45, 7) is 5.72. The highest BCUT2D eigenvalue weighted by Crippen LogP contribution is 2.35. The Morgan fingerprint density at radius 3 is 2.56 bits per heavy atom. The summed E-state index contributed by atoms with van der Waals surface area (Å²) in [6, 6.07) is 17.2. The molecule has 0 radical (unpaired) electrons. The molecule has 4 rings (SSSR count). The van der Waals surface area contributed by atoms with Gasteiger partial charge in [-0.15, -0.1) is 0 Å². The van der Waals surface area contributed by atoms with E-state index < -0.39 is 0 Å². The lowest BCUT2D eigenvalue weighted by Gasteiger charge is -2.47. The maximum absolute atomic E-state index is 9.68. The summed E-state index contributed by atoms with van der Waals surface area (Å²) in [6.07, 6.45) is 1.77. The molecule has 4 nitrogen and oxygen atoms in total. The SMILES string of the molecule is CC.COc1cccc2c1C[C@H]1O[C@@H](CO)CN(Cc3ccccc3)C1C2. The fourth-order valence-corrected chi connectivity index (χ4v) is 4.21. The van der Waals surface area contributed by atoms with Crippen molar-refractivity contribution in [3.05, 3.63) is 65.2 Å². The molecule has 1 aliphatic heterocycles. The van der Waals surface area contributed by atoms with E-state index in [1.54, 1.807) is 7.11 Å². The minimum absolute atomic E-state index is 0.0628. The molecule has 0 spiro atoms. The van der Waals surface area contributed by atoms with Gasteiger partial charge in [-0.3, -0.25) is 4.90 Å². The van der Waals surface area contributed by atoms with Crippen molar-refractivity contribution in [2.24, 2.45) is 0 Å². The van der Waals surface area contributed by atoms with E-state index in [0.29, 0.717) is 6.04 Å². The molecular formula is C23H31NO3. The number of rotatable bonds is 4. The number of morpholine rings is 1. The van der Waals surface area contributed by atoms with Crippen molar-refractivity contribution in [2.75, 3.05) is 20.3 Å². The van der Waals surface area contributed by atoms with Crippen molar-refractivity contribution in [3.63, 3.8) is 0 Å². The third-order valence-electron chi connectivity index (χ3n) is 5.42. The van der Waals surface area contributed by atoms with Crippen LogP contribution in [-0.4, -0.2) is 48.5 Å². The third kappa shape index (κ3) is 4.34. The van der Waals surface area contributed by atoms with Crippen LogP contribution in [0.15, 0.2) is 48.5 Å². The number of benzene rings is 2. The fourth-order valence-electron chi connectivity index (χ4n) is 4.21. The number of hydrogen-bond acceptors (Lipinski definition) is 4. The normalized spacial score (nSPS) is 24.2. The highest BCUT2D eigenvalue weighted by atomic mass is 16.5. The van der Waals surface area contributed by atoms with Gasteiger partial charge in [0, 0.05) is 25.6 Å². The minimum Gasteiger partial charge on any atom is -0.496 e. The van der Waals surface area contributed by atoms with Crippen LogP contribution in [0.1, 0.15) is 30.5 Å². The van der Waals surface area contributed by atoms with Crippen LogP contribution in [0.4, 0.5) is 0 Å². The molecule has 1 aliphatic carbocycles. The molecule has 2 aromatic carbocycles. The van der Waals surface area contributed by atoms with E-state index in [2.05, 4.69) is 41.3 Å². The standard InChI is InChI=1S/C21H25NO3.C2H6/c1-24-20-9-5-8-16-10-19-21(11-18(16)20)25-17(14-23)13-22(19)12-15-6-3-2-4-7-15;1-2/h2-9,17,19,21,23H,10-14H2,1H3;1-2H3/t17-,19?,21-;/m1./s1. The van der Waals surface area contributed by atoms with Crippen molar-refractivity contribution in [1.82, 2.24) is 4.90 Å². The van der Waals surface area contributed by atoms with E-state index in [0.717, 1.165) is 31.7 Å². The lowest BCUT2D eigenvalue weighted by atomic mass is 9.83. The predicted octanol–water partition coefficient (Wildman–Crippen LogP) is 3.45. The Morgan fingerprint density at radius 1 is 1.07 bits per heavy atom. The third-order valence-corrected chi connectivity index (χ3v) is 5.42. The molecule has 0 bridgehead atoms. The van der Waals surface area contributed by atoms with Gasteiger partial charge in [0.25, 0.3) is 0 Å². The van der Waals surface area contributed by atoms with Crippen molar-refractivity contribution in [1.29, 1.82) is 0 Å². The number of methoxy groups -OCH3 is 1. The van der Waals surface area contributed by atoms with Crippen LogP contribution < -0.4 is 4.74 Å². The van der Waals surface area contributed by atoms with Gasteiger partial charge in [-0.1, -0.05) is 56.3 Å². The highest BCUT2D eigenvalue weighted by Gasteiger charge is 2.40. The van der Waals surface area contributed by atoms with Gasteiger partial charge in [0.1, 0.15) is 5.75 Å². The lowest BCUT2D eigenvalue weighted by Crippen LogP contribution is -2.58. The summed E-state index contributed by atoms with van der Waals surface area (Å²) in [5.74, 6) is 0.945. The first-order valence-electron chi connectivity index (χ1n) is 9.97. The number of aliphatic hydroxyl groups is 1. The van der Waals surface area contributed by atoms with Gasteiger partial charge < -0.3 is 14.6 Å². The predicted molar refractivity (Wildman–Crippen MR) is 108 cm³/mol. The molecule has 1 heterocycles. The zero-order chi connectivity index (χ0) is 19.2. The van der Waals surface area contributed by atoms with Gasteiger partial charge in [-0.25, -0.2) is 0 Å². The molecule has 1 N–H and O–H groups in total. The molecule has 0 saturated carbocycles. The van der Waals surface area contributed by atoms with E-state index in [9.17, 15) is 5.11 Å². The van der Waals surface area contributed by atoms with Gasteiger partial charge in [0.05, 0.1) is 25.9 Å². The molecule has 4 heteroatoms. The van der Waals surface area contributed by atoms with Crippen LogP contribution in [-0.2, 0) is 24.1 Å². The smallest absolute Gasteiger partial charge is 0.122 e. The van der Waals surface area contributed by atoms with Crippen LogP contribution in [0.3, 0.4) is 0 Å². The quantitative estimate of drug-likeness (QED) is 0.896. The second-order valence-corrected chi connectivity index (χ2v) is 6.97. The van der Waals surface area contributed by atoms with E-state index in [1.807, 2.05) is 26.0 Å². The van der Waals surface area contributed by atoms with Crippen LogP contribution in [0.25, 0.3) is 0 Å². The van der Waals surface area contributed by atoms with Crippen molar-refractivity contribution in [3.8, 4) is 5.75 Å². The molecule has 1 unspecified atom stereocenters. The average Bonchev–Trinajstić information content (AvgIpc) is 2.74. The number of ether oxygens (including phenoxy) is 2. The molecule has 0 amide bonds. The largest absolute Gasteiger partial charge is 0.496 e. The Kier molecular flexibility index (Phi) is 6.89. The molecule has 1 fully saturated rings. The summed E-state index contributed by atoms with van der Waals surface area (Å²) in [7, 11) is 1.72. The maximum Gasteiger partial charge on any atom is 0.122 e. The van der Waals surface area contributed by atoms with E-state index in [1.165, 1.54) is 16.7 Å². The number of nitrogens with zero attached hydrogens (tertiary/aromatic N) is 1. The molecule has 3 atom stereocenters. The van der Waals surface area contributed by atoms with Gasteiger partial charge in [-0.05, 0) is 29.2 Å². The zero-order valence-corrected chi connectivity index (χ0v) is 16.6. The van der Waals surface area contributed by atoms with Crippen LogP contribution >= 0.6 is 0 Å². The van der Waals surface area contributed by atoms with Crippen LogP contribution in [0.2, 0.25) is 0 Å². The van der Waals surface area contributed by atoms with Crippen LogP contribution in [0.5, 0.6) is 5.75 Å². The Hall–Kier alpha value is -1.88. The summed E-state index contributed by atoms with van der Waals surface area (Å²) < 4.78 is 11.8. The summed E-state index contributed by atoms with van der Waals surface area (Å²) in [5, 5.41) is 9.68. The number of hydrogen-bond donors (Lipinski definition) is 1. The first-order valence-corrected chi connectivity index (χ1v) is 9.97. The Balaban J connectivity index is 0.00000102. The van der Waals surface area contributed by atoms with E-state index in [-0.39, 0.29) is 18.8 Å². The minimum atomic E-state index is -0.124. The van der Waals surface area contributed by atoms with Crippen LogP contribution in [0, 0.1) is 0 Å². The number of aliphatic hydroxyl groups excluding tert-OH is 1. The van der Waals surface area contributed by atoms with Crippen molar-refractivity contribution in [2.45, 2.75) is 51.5 Å². The van der Waals surface area contributed by atoms with Gasteiger partial charge in [0.15, 0.2) is 0 Å². The fraction of sp³-hybridized carbons (Fsp3) is 0.478. The first kappa shape index (κ1) is 19.9. The lowest BCUT2D eigenvalue weighted by molar-refractivity contribution is -0.138. The first-order chi connectivity index (χ1) is 13.3. The average molecular weight is 370 g/mol. The Labute approximate surface area is 162 Å². The molecule has 2 aromatic rings. The summed E-state index contributed by atoms with van der Waals surface area (Å²) >= 11 is 0. The molecule has 2 aliphatic rings. The second-order valence-electron chi connectivity index (χ2n) is 6.97. The second kappa shape index (κ2) is 9.36.